The Hall–Kier alpha value is -3.67. The van der Waals surface area contributed by atoms with Crippen LogP contribution in [0.5, 0.6) is 0 Å². The molecule has 0 aliphatic carbocycles. The highest BCUT2D eigenvalue weighted by Crippen LogP contribution is 2.15. The quantitative estimate of drug-likeness (QED) is 0.0199. The Morgan fingerprint density at radius 3 is 0.970 bits per heavy atom. The van der Waals surface area contributed by atoms with Gasteiger partial charge in [-0.15, -0.1) is 0 Å². The first kappa shape index (κ1) is 63.3. The summed E-state index contributed by atoms with van der Waals surface area (Å²) in [6.07, 6.45) is 72.5. The summed E-state index contributed by atoms with van der Waals surface area (Å²) < 4.78 is 16.8. The van der Waals surface area contributed by atoms with Gasteiger partial charge in [-0.3, -0.25) is 14.4 Å². The Morgan fingerprint density at radius 1 is 0.313 bits per heavy atom. The van der Waals surface area contributed by atoms with Crippen LogP contribution in [0.1, 0.15) is 252 Å². The second-order valence-corrected chi connectivity index (χ2v) is 18.3. The zero-order valence-electron chi connectivity index (χ0n) is 43.6. The monoisotopic (exact) mass is 931 g/mol. The van der Waals surface area contributed by atoms with Gasteiger partial charge in [-0.1, -0.05) is 266 Å². The predicted octanol–water partition coefficient (Wildman–Crippen LogP) is 18.5. The summed E-state index contributed by atoms with van der Waals surface area (Å²) in [5, 5.41) is 0. The van der Waals surface area contributed by atoms with Crippen LogP contribution in [0, 0.1) is 0 Å². The molecule has 0 aliphatic rings. The molecule has 0 radical (unpaired) electrons. The van der Waals surface area contributed by atoms with Gasteiger partial charge in [0, 0.05) is 19.3 Å². The minimum atomic E-state index is -0.798. The summed E-state index contributed by atoms with van der Waals surface area (Å²) in [6, 6.07) is 0. The Labute approximate surface area is 413 Å². The molecule has 0 aromatic rings. The standard InChI is InChI=1S/C61H102O6/c1-4-7-10-13-16-19-22-24-26-28-30-32-34-36-39-42-45-48-51-54-60(63)66-57-58(56-65-59(62)53-50-47-44-41-38-21-18-15-12-9-6-3)67-61(64)55-52-49-46-43-40-37-35-33-31-29-27-25-23-20-17-14-11-8-5-2/h7,10,13,16,19,22,24,26,28-32,34,36,39,58H,4-6,8-9,11-12,14-15,17-18,20-21,23,25,27,33,35,37-38,40-57H2,1-3H3/b10-7-,16-13-,22-19-,26-24-,30-28+,31-29-,34-32-,39-36-. The molecule has 0 spiro atoms. The van der Waals surface area contributed by atoms with E-state index < -0.39 is 6.10 Å². The fraction of sp³-hybridized carbons (Fsp3) is 0.689. The number of carbonyl (C=O) groups excluding carboxylic acids is 3. The van der Waals surface area contributed by atoms with Gasteiger partial charge in [0.15, 0.2) is 6.10 Å². The highest BCUT2D eigenvalue weighted by molar-refractivity contribution is 5.71. The summed E-state index contributed by atoms with van der Waals surface area (Å²) in [5.74, 6) is -0.942. The van der Waals surface area contributed by atoms with E-state index in [1.54, 1.807) is 0 Å². The van der Waals surface area contributed by atoms with Crippen molar-refractivity contribution >= 4 is 17.9 Å². The number of rotatable bonds is 49. The van der Waals surface area contributed by atoms with Crippen LogP contribution in [-0.2, 0) is 28.6 Å². The molecule has 0 heterocycles. The van der Waals surface area contributed by atoms with E-state index in [2.05, 4.69) is 45.1 Å². The third kappa shape index (κ3) is 53.2. The van der Waals surface area contributed by atoms with Crippen LogP contribution in [0.15, 0.2) is 97.2 Å². The molecule has 0 saturated carbocycles. The number of carbonyl (C=O) groups is 3. The van der Waals surface area contributed by atoms with Crippen molar-refractivity contribution in [3.8, 4) is 0 Å². The van der Waals surface area contributed by atoms with Crippen molar-refractivity contribution in [2.75, 3.05) is 13.2 Å². The first-order valence-electron chi connectivity index (χ1n) is 27.8. The van der Waals surface area contributed by atoms with Crippen molar-refractivity contribution in [3.05, 3.63) is 97.2 Å². The molecule has 1 atom stereocenters. The number of allylic oxidation sites excluding steroid dienone is 16. The molecule has 0 N–H and O–H groups in total. The molecule has 0 amide bonds. The van der Waals surface area contributed by atoms with Crippen LogP contribution in [0.3, 0.4) is 0 Å². The lowest BCUT2D eigenvalue weighted by molar-refractivity contribution is -0.167. The molecule has 6 heteroatoms. The van der Waals surface area contributed by atoms with Crippen molar-refractivity contribution in [2.45, 2.75) is 258 Å². The third-order valence-corrected chi connectivity index (χ3v) is 11.8. The highest BCUT2D eigenvalue weighted by Gasteiger charge is 2.19. The zero-order chi connectivity index (χ0) is 48.6. The molecule has 1 unspecified atom stereocenters. The van der Waals surface area contributed by atoms with Gasteiger partial charge in [0.2, 0.25) is 0 Å². The van der Waals surface area contributed by atoms with Gasteiger partial charge in [-0.25, -0.2) is 0 Å². The molecule has 382 valence electrons. The number of unbranched alkanes of at least 4 members (excludes halogenated alkanes) is 28. The maximum absolute atomic E-state index is 12.8. The number of hydrogen-bond donors (Lipinski definition) is 0. The Kier molecular flexibility index (Phi) is 51.9. The largest absolute Gasteiger partial charge is 0.462 e. The molecule has 0 aromatic carbocycles. The van der Waals surface area contributed by atoms with Crippen molar-refractivity contribution in [1.29, 1.82) is 0 Å². The van der Waals surface area contributed by atoms with Gasteiger partial charge in [0.1, 0.15) is 13.2 Å². The van der Waals surface area contributed by atoms with Gasteiger partial charge >= 0.3 is 17.9 Å². The van der Waals surface area contributed by atoms with E-state index in [1.165, 1.54) is 141 Å². The lowest BCUT2D eigenvalue weighted by Crippen LogP contribution is -2.30. The summed E-state index contributed by atoms with van der Waals surface area (Å²) in [7, 11) is 0. The average molecular weight is 931 g/mol. The summed E-state index contributed by atoms with van der Waals surface area (Å²) in [5.41, 5.74) is 0. The third-order valence-electron chi connectivity index (χ3n) is 11.8. The van der Waals surface area contributed by atoms with Crippen LogP contribution in [0.2, 0.25) is 0 Å². The van der Waals surface area contributed by atoms with Gasteiger partial charge < -0.3 is 14.2 Å². The van der Waals surface area contributed by atoms with Crippen LogP contribution in [0.4, 0.5) is 0 Å². The van der Waals surface area contributed by atoms with Crippen molar-refractivity contribution < 1.29 is 28.6 Å². The molecule has 0 saturated heterocycles. The minimum absolute atomic E-state index is 0.0931. The maximum Gasteiger partial charge on any atom is 0.306 e. The smallest absolute Gasteiger partial charge is 0.306 e. The molecule has 0 fully saturated rings. The molecular weight excluding hydrogens is 829 g/mol. The van der Waals surface area contributed by atoms with Gasteiger partial charge in [0.05, 0.1) is 0 Å². The van der Waals surface area contributed by atoms with Crippen LogP contribution < -0.4 is 0 Å². The van der Waals surface area contributed by atoms with Crippen LogP contribution in [-0.4, -0.2) is 37.2 Å². The molecule has 0 rings (SSSR count). The summed E-state index contributed by atoms with van der Waals surface area (Å²) in [6.45, 7) is 6.45. The van der Waals surface area contributed by atoms with E-state index in [0.717, 1.165) is 70.6 Å². The first-order chi connectivity index (χ1) is 33.0. The second-order valence-electron chi connectivity index (χ2n) is 18.3. The van der Waals surface area contributed by atoms with E-state index in [4.69, 9.17) is 14.2 Å². The highest BCUT2D eigenvalue weighted by atomic mass is 16.6. The lowest BCUT2D eigenvalue weighted by Gasteiger charge is -2.18. The number of ether oxygens (including phenoxy) is 3. The molecule has 0 aromatic heterocycles. The molecule has 0 aliphatic heterocycles. The molecular formula is C61H102O6. The first-order valence-corrected chi connectivity index (χ1v) is 27.8. The SMILES string of the molecule is CC\C=C/C=C\C=C/C=C\C=C\C=C/C=C\CCCCCC(=O)OCC(COC(=O)CCCCCCCCCCCCC)OC(=O)CCCCCCCCC/C=C\CCCCCCCCCC. The minimum Gasteiger partial charge on any atom is -0.462 e. The zero-order valence-corrected chi connectivity index (χ0v) is 43.6. The van der Waals surface area contributed by atoms with Gasteiger partial charge in [0.25, 0.3) is 0 Å². The molecule has 0 bridgehead atoms. The summed E-state index contributed by atoms with van der Waals surface area (Å²) >= 11 is 0. The normalized spacial score (nSPS) is 12.8. The average Bonchev–Trinajstić information content (AvgIpc) is 3.33. The van der Waals surface area contributed by atoms with E-state index >= 15 is 0 Å². The second kappa shape index (κ2) is 54.9. The Balaban J connectivity index is 4.45. The topological polar surface area (TPSA) is 78.9 Å². The van der Waals surface area contributed by atoms with E-state index in [1.807, 2.05) is 72.9 Å². The number of esters is 3. The molecule has 6 nitrogen and oxygen atoms in total. The maximum atomic E-state index is 12.8. The fourth-order valence-electron chi connectivity index (χ4n) is 7.60. The van der Waals surface area contributed by atoms with Crippen molar-refractivity contribution in [3.63, 3.8) is 0 Å². The van der Waals surface area contributed by atoms with Crippen LogP contribution >= 0.6 is 0 Å². The summed E-state index contributed by atoms with van der Waals surface area (Å²) in [4.78, 5) is 38.1. The van der Waals surface area contributed by atoms with Gasteiger partial charge in [-0.05, 0) is 64.2 Å². The van der Waals surface area contributed by atoms with Crippen molar-refractivity contribution in [2.24, 2.45) is 0 Å². The Bertz CT molecular complexity index is 1350. The van der Waals surface area contributed by atoms with Crippen molar-refractivity contribution in [1.82, 2.24) is 0 Å². The van der Waals surface area contributed by atoms with E-state index in [-0.39, 0.29) is 31.1 Å². The van der Waals surface area contributed by atoms with Gasteiger partial charge in [-0.2, -0.15) is 0 Å². The van der Waals surface area contributed by atoms with E-state index in [0.29, 0.717) is 19.3 Å². The number of hydrogen-bond acceptors (Lipinski definition) is 6. The lowest BCUT2D eigenvalue weighted by atomic mass is 10.1. The molecule has 67 heavy (non-hydrogen) atoms. The predicted molar refractivity (Wildman–Crippen MR) is 288 cm³/mol. The fourth-order valence-corrected chi connectivity index (χ4v) is 7.60. The Morgan fingerprint density at radius 2 is 0.597 bits per heavy atom. The van der Waals surface area contributed by atoms with E-state index in [9.17, 15) is 14.4 Å². The van der Waals surface area contributed by atoms with Crippen LogP contribution in [0.25, 0.3) is 0 Å².